The number of aryl methyl sites for hydroxylation is 1. The molecule has 1 aromatic rings. The zero-order valence-electron chi connectivity index (χ0n) is 14.5. The van der Waals surface area contributed by atoms with Crippen LogP contribution in [-0.2, 0) is 6.42 Å². The number of nitrogens with one attached hydrogen (secondary N) is 4. The summed E-state index contributed by atoms with van der Waals surface area (Å²) in [5, 5.41) is 22.4. The maximum absolute atomic E-state index is 8.05. The molecule has 24 heavy (non-hydrogen) atoms. The number of benzene rings is 1. The standard InChI is InChI=1S/C20H28N4/c1-15(22)20(19(14-21)24-18-11-6-12-18)16(2)23-13-7-10-17-8-4-3-5-9-17/h3-5,8-9,14,18,21-24H,2,6-7,10-13H2,1H3/b20-19+,21-14?,22-15?. The van der Waals surface area contributed by atoms with Crippen molar-refractivity contribution in [3.8, 4) is 0 Å². The molecule has 2 rings (SSSR count). The van der Waals surface area contributed by atoms with Crippen molar-refractivity contribution in [2.45, 2.75) is 45.1 Å². The van der Waals surface area contributed by atoms with Crippen LogP contribution in [0.25, 0.3) is 0 Å². The van der Waals surface area contributed by atoms with Crippen LogP contribution in [0, 0.1) is 10.8 Å². The lowest BCUT2D eigenvalue weighted by Gasteiger charge is -2.29. The molecule has 1 fully saturated rings. The fourth-order valence-corrected chi connectivity index (χ4v) is 2.81. The van der Waals surface area contributed by atoms with Gasteiger partial charge in [0.05, 0.1) is 5.70 Å². The summed E-state index contributed by atoms with van der Waals surface area (Å²) >= 11 is 0. The van der Waals surface area contributed by atoms with Gasteiger partial charge in [0.15, 0.2) is 0 Å². The van der Waals surface area contributed by atoms with E-state index in [1.165, 1.54) is 18.2 Å². The molecule has 0 unspecified atom stereocenters. The lowest BCUT2D eigenvalue weighted by molar-refractivity contribution is 0.368. The van der Waals surface area contributed by atoms with Crippen molar-refractivity contribution in [3.05, 3.63) is 59.4 Å². The molecule has 0 aromatic heterocycles. The molecule has 0 saturated heterocycles. The molecule has 0 aliphatic heterocycles. The molecule has 4 N–H and O–H groups in total. The van der Waals surface area contributed by atoms with E-state index < -0.39 is 0 Å². The third-order valence-corrected chi connectivity index (χ3v) is 4.38. The van der Waals surface area contributed by atoms with Crippen LogP contribution < -0.4 is 10.6 Å². The summed E-state index contributed by atoms with van der Waals surface area (Å²) in [4.78, 5) is 0. The van der Waals surface area contributed by atoms with Gasteiger partial charge in [-0.1, -0.05) is 36.9 Å². The predicted octanol–water partition coefficient (Wildman–Crippen LogP) is 3.81. The van der Waals surface area contributed by atoms with Crippen molar-refractivity contribution >= 4 is 11.9 Å². The smallest absolute Gasteiger partial charge is 0.0633 e. The maximum atomic E-state index is 8.05. The summed E-state index contributed by atoms with van der Waals surface area (Å²) in [7, 11) is 0. The molecule has 4 heteroatoms. The van der Waals surface area contributed by atoms with Gasteiger partial charge in [-0.05, 0) is 44.6 Å². The fraction of sp³-hybridized carbons (Fsp3) is 0.400. The molecule has 4 nitrogen and oxygen atoms in total. The highest BCUT2D eigenvalue weighted by Crippen LogP contribution is 2.21. The molecule has 1 aromatic carbocycles. The number of hydrogen-bond acceptors (Lipinski definition) is 4. The molecule has 1 saturated carbocycles. The predicted molar refractivity (Wildman–Crippen MR) is 102 cm³/mol. The Balaban J connectivity index is 1.90. The first-order chi connectivity index (χ1) is 11.6. The van der Waals surface area contributed by atoms with E-state index in [1.54, 1.807) is 6.92 Å². The first-order valence-corrected chi connectivity index (χ1v) is 8.65. The number of allylic oxidation sites excluding steroid dienone is 2. The Morgan fingerprint density at radius 3 is 2.54 bits per heavy atom. The van der Waals surface area contributed by atoms with Crippen molar-refractivity contribution in [1.29, 1.82) is 10.8 Å². The third kappa shape index (κ3) is 5.08. The first-order valence-electron chi connectivity index (χ1n) is 8.65. The van der Waals surface area contributed by atoms with E-state index in [4.69, 9.17) is 10.8 Å². The zero-order chi connectivity index (χ0) is 17.4. The quantitative estimate of drug-likeness (QED) is 0.300. The summed E-state index contributed by atoms with van der Waals surface area (Å²) in [5.74, 6) is 0. The van der Waals surface area contributed by atoms with Crippen LogP contribution in [0.3, 0.4) is 0 Å². The van der Waals surface area contributed by atoms with E-state index in [1.807, 2.05) is 6.07 Å². The summed E-state index contributed by atoms with van der Waals surface area (Å²) in [6.45, 7) is 6.64. The molecule has 128 valence electrons. The van der Waals surface area contributed by atoms with E-state index in [0.717, 1.165) is 43.5 Å². The van der Waals surface area contributed by atoms with Gasteiger partial charge in [0.25, 0.3) is 0 Å². The minimum absolute atomic E-state index is 0.431. The van der Waals surface area contributed by atoms with Crippen LogP contribution >= 0.6 is 0 Å². The van der Waals surface area contributed by atoms with Gasteiger partial charge >= 0.3 is 0 Å². The molecule has 1 aliphatic carbocycles. The second-order valence-electron chi connectivity index (χ2n) is 6.32. The van der Waals surface area contributed by atoms with Gasteiger partial charge in [0, 0.05) is 35.8 Å². The SMILES string of the molecule is C=C(NCCCc1ccccc1)/C(C(C)=N)=C(\C=N)NC1CCC1. The Morgan fingerprint density at radius 2 is 2.00 bits per heavy atom. The third-order valence-electron chi connectivity index (χ3n) is 4.38. The molecule has 0 heterocycles. The van der Waals surface area contributed by atoms with E-state index in [9.17, 15) is 0 Å². The average Bonchev–Trinajstić information content (AvgIpc) is 2.54. The van der Waals surface area contributed by atoms with Crippen LogP contribution in [0.2, 0.25) is 0 Å². The maximum Gasteiger partial charge on any atom is 0.0633 e. The van der Waals surface area contributed by atoms with Gasteiger partial charge in [0.2, 0.25) is 0 Å². The Labute approximate surface area is 145 Å². The van der Waals surface area contributed by atoms with Crippen LogP contribution in [0.1, 0.15) is 38.2 Å². The summed E-state index contributed by atoms with van der Waals surface area (Å²) < 4.78 is 0. The molecule has 0 spiro atoms. The normalized spacial score (nSPS) is 15.0. The van der Waals surface area contributed by atoms with Gasteiger partial charge < -0.3 is 21.5 Å². The highest BCUT2D eigenvalue weighted by molar-refractivity contribution is 6.04. The fourth-order valence-electron chi connectivity index (χ4n) is 2.81. The highest BCUT2D eigenvalue weighted by atomic mass is 15.0. The lowest BCUT2D eigenvalue weighted by Crippen LogP contribution is -2.36. The Bertz CT molecular complexity index is 612. The van der Waals surface area contributed by atoms with Crippen molar-refractivity contribution in [1.82, 2.24) is 10.6 Å². The monoisotopic (exact) mass is 324 g/mol. The number of rotatable bonds is 10. The minimum atomic E-state index is 0.431. The molecular weight excluding hydrogens is 296 g/mol. The van der Waals surface area contributed by atoms with Crippen LogP contribution in [-0.4, -0.2) is 24.5 Å². The van der Waals surface area contributed by atoms with Crippen LogP contribution in [0.5, 0.6) is 0 Å². The summed E-state index contributed by atoms with van der Waals surface area (Å²) in [6, 6.07) is 10.9. The second kappa shape index (κ2) is 9.06. The largest absolute Gasteiger partial charge is 0.385 e. The first kappa shape index (κ1) is 18.0. The second-order valence-corrected chi connectivity index (χ2v) is 6.32. The van der Waals surface area contributed by atoms with Gasteiger partial charge in [-0.15, -0.1) is 0 Å². The van der Waals surface area contributed by atoms with Gasteiger partial charge in [-0.2, -0.15) is 0 Å². The number of hydrogen-bond donors (Lipinski definition) is 4. The van der Waals surface area contributed by atoms with Crippen molar-refractivity contribution < 1.29 is 0 Å². The van der Waals surface area contributed by atoms with Gasteiger partial charge in [-0.3, -0.25) is 0 Å². The van der Waals surface area contributed by atoms with Crippen LogP contribution in [0.15, 0.2) is 53.9 Å². The molecular formula is C20H28N4. The van der Waals surface area contributed by atoms with Crippen molar-refractivity contribution in [2.24, 2.45) is 0 Å². The molecule has 1 aliphatic rings. The average molecular weight is 324 g/mol. The topological polar surface area (TPSA) is 71.8 Å². The van der Waals surface area contributed by atoms with Crippen molar-refractivity contribution in [2.75, 3.05) is 6.54 Å². The van der Waals surface area contributed by atoms with E-state index in [0.29, 0.717) is 17.5 Å². The van der Waals surface area contributed by atoms with Gasteiger partial charge in [0.1, 0.15) is 0 Å². The molecule has 0 radical (unpaired) electrons. The van der Waals surface area contributed by atoms with Gasteiger partial charge in [-0.25, -0.2) is 0 Å². The van der Waals surface area contributed by atoms with E-state index in [2.05, 4.69) is 41.5 Å². The van der Waals surface area contributed by atoms with Crippen molar-refractivity contribution in [3.63, 3.8) is 0 Å². The Kier molecular flexibility index (Phi) is 6.79. The molecule has 0 atom stereocenters. The summed E-state index contributed by atoms with van der Waals surface area (Å²) in [5.41, 5.74) is 3.90. The minimum Gasteiger partial charge on any atom is -0.385 e. The molecule has 0 bridgehead atoms. The Hall–Kier alpha value is -2.36. The van der Waals surface area contributed by atoms with Crippen LogP contribution in [0.4, 0.5) is 0 Å². The zero-order valence-corrected chi connectivity index (χ0v) is 14.5. The molecule has 0 amide bonds. The lowest BCUT2D eigenvalue weighted by atomic mass is 9.92. The Morgan fingerprint density at radius 1 is 1.29 bits per heavy atom. The van der Waals surface area contributed by atoms with E-state index in [-0.39, 0.29) is 0 Å². The summed E-state index contributed by atoms with van der Waals surface area (Å²) in [6.07, 6.45) is 6.84. The highest BCUT2D eigenvalue weighted by Gasteiger charge is 2.20. The van der Waals surface area contributed by atoms with E-state index >= 15 is 0 Å².